The molecule has 1 saturated heterocycles. The average Bonchev–Trinajstić information content (AvgIpc) is 2.66. The summed E-state index contributed by atoms with van der Waals surface area (Å²) >= 11 is 5.92. The molecule has 0 radical (unpaired) electrons. The van der Waals surface area contributed by atoms with Crippen LogP contribution in [0.1, 0.15) is 32.6 Å². The first-order chi connectivity index (χ1) is 9.16. The van der Waals surface area contributed by atoms with E-state index in [4.69, 9.17) is 11.6 Å². The van der Waals surface area contributed by atoms with Gasteiger partial charge in [-0.1, -0.05) is 17.7 Å². The van der Waals surface area contributed by atoms with Crippen molar-refractivity contribution in [3.63, 3.8) is 0 Å². The number of halogens is 1. The zero-order valence-electron chi connectivity index (χ0n) is 11.4. The summed E-state index contributed by atoms with van der Waals surface area (Å²) in [5, 5.41) is 3.60. The first kappa shape index (κ1) is 14.4. The summed E-state index contributed by atoms with van der Waals surface area (Å²) in [6.07, 6.45) is 5.05. The molecule has 1 aliphatic rings. The van der Waals surface area contributed by atoms with Crippen molar-refractivity contribution in [2.75, 3.05) is 18.4 Å². The number of hydrogen-bond acceptors (Lipinski definition) is 1. The maximum absolute atomic E-state index is 12.3. The number of amides is 1. The normalized spacial score (nSPS) is 18.6. The maximum atomic E-state index is 12.3. The molecule has 1 aliphatic heterocycles. The average molecular weight is 282 g/mol. The van der Waals surface area contributed by atoms with Gasteiger partial charge in [-0.3, -0.25) is 4.79 Å². The fourth-order valence-corrected chi connectivity index (χ4v) is 2.81. The van der Waals surface area contributed by atoms with E-state index < -0.39 is 0 Å². The van der Waals surface area contributed by atoms with Gasteiger partial charge in [-0.25, -0.2) is 0 Å². The lowest BCUT2D eigenvalue weighted by atomic mass is 10.2. The summed E-state index contributed by atoms with van der Waals surface area (Å²) in [7, 11) is 0. The van der Waals surface area contributed by atoms with Crippen molar-refractivity contribution in [2.45, 2.75) is 38.6 Å². The van der Waals surface area contributed by atoms with E-state index in [1.54, 1.807) is 12.1 Å². The molecule has 1 aromatic carbocycles. The van der Waals surface area contributed by atoms with E-state index in [0.717, 1.165) is 18.8 Å². The molecule has 0 aliphatic carbocycles. The zero-order chi connectivity index (χ0) is 13.7. The number of likely N-dealkylation sites (tertiary alicyclic amines) is 1. The van der Waals surface area contributed by atoms with Crippen LogP contribution in [0.5, 0.6) is 0 Å². The number of carbonyl (C=O) groups excluding carboxylic acids is 1. The van der Waals surface area contributed by atoms with Crippen LogP contribution in [0.2, 0.25) is 5.02 Å². The second-order valence-electron chi connectivity index (χ2n) is 5.29. The summed E-state index contributed by atoms with van der Waals surface area (Å²) < 4.78 is 0. The number of hydrogen-bond donors (Lipinski definition) is 2. The highest BCUT2D eigenvalue weighted by Gasteiger charge is 2.25. The van der Waals surface area contributed by atoms with E-state index >= 15 is 0 Å². The predicted octanol–water partition coefficient (Wildman–Crippen LogP) is 2.13. The number of benzene rings is 1. The zero-order valence-corrected chi connectivity index (χ0v) is 12.2. The fraction of sp³-hybridized carbons (Fsp3) is 0.533. The third kappa shape index (κ3) is 4.22. The predicted molar refractivity (Wildman–Crippen MR) is 78.7 cm³/mol. The van der Waals surface area contributed by atoms with E-state index in [0.29, 0.717) is 5.02 Å². The van der Waals surface area contributed by atoms with Crippen LogP contribution >= 0.6 is 11.6 Å². The maximum Gasteiger partial charge on any atom is 0.282 e. The number of rotatable bonds is 3. The van der Waals surface area contributed by atoms with Crippen molar-refractivity contribution >= 4 is 23.2 Å². The topological polar surface area (TPSA) is 33.5 Å². The van der Waals surface area contributed by atoms with Gasteiger partial charge in [0.1, 0.15) is 0 Å². The highest BCUT2D eigenvalue weighted by atomic mass is 35.5. The SMILES string of the molecule is C[C@@H](C(=O)Nc1cccc(Cl)c1)[NH+]1CCCCCC1. The molecule has 1 fully saturated rings. The van der Waals surface area contributed by atoms with Gasteiger partial charge in [0.05, 0.1) is 13.1 Å². The van der Waals surface area contributed by atoms with Crippen LogP contribution in [0.25, 0.3) is 0 Å². The molecule has 0 bridgehead atoms. The summed E-state index contributed by atoms with van der Waals surface area (Å²) in [5.41, 5.74) is 0.776. The Kier molecular flexibility index (Phi) is 5.23. The van der Waals surface area contributed by atoms with Gasteiger partial charge in [0, 0.05) is 10.7 Å². The minimum Gasteiger partial charge on any atom is -0.325 e. The van der Waals surface area contributed by atoms with Gasteiger partial charge >= 0.3 is 0 Å². The number of nitrogens with one attached hydrogen (secondary N) is 2. The quantitative estimate of drug-likeness (QED) is 0.874. The molecule has 2 N–H and O–H groups in total. The third-order valence-electron chi connectivity index (χ3n) is 3.84. The van der Waals surface area contributed by atoms with E-state index in [-0.39, 0.29) is 11.9 Å². The van der Waals surface area contributed by atoms with E-state index in [2.05, 4.69) is 5.32 Å². The summed E-state index contributed by atoms with van der Waals surface area (Å²) in [5.74, 6) is 0.0826. The minimum atomic E-state index is -0.00270. The number of quaternary nitrogens is 1. The molecule has 0 spiro atoms. The van der Waals surface area contributed by atoms with Gasteiger partial charge in [0.2, 0.25) is 0 Å². The monoisotopic (exact) mass is 281 g/mol. The highest BCUT2D eigenvalue weighted by molar-refractivity contribution is 6.30. The molecule has 1 aromatic rings. The van der Waals surface area contributed by atoms with Crippen LogP contribution in [-0.2, 0) is 4.79 Å². The fourth-order valence-electron chi connectivity index (χ4n) is 2.62. The Labute approximate surface area is 119 Å². The van der Waals surface area contributed by atoms with Crippen molar-refractivity contribution in [1.82, 2.24) is 0 Å². The van der Waals surface area contributed by atoms with Gasteiger partial charge in [-0.2, -0.15) is 0 Å². The van der Waals surface area contributed by atoms with Crippen molar-refractivity contribution in [3.8, 4) is 0 Å². The summed E-state index contributed by atoms with van der Waals surface area (Å²) in [6.45, 7) is 4.22. The Balaban J connectivity index is 1.94. The Morgan fingerprint density at radius 2 is 1.95 bits per heavy atom. The Morgan fingerprint density at radius 3 is 2.58 bits per heavy atom. The third-order valence-corrected chi connectivity index (χ3v) is 4.08. The lowest BCUT2D eigenvalue weighted by Gasteiger charge is -2.23. The van der Waals surface area contributed by atoms with Crippen LogP contribution in [0.3, 0.4) is 0 Å². The van der Waals surface area contributed by atoms with Crippen LogP contribution < -0.4 is 10.2 Å². The first-order valence-electron chi connectivity index (χ1n) is 7.08. The van der Waals surface area contributed by atoms with Crippen molar-refractivity contribution in [2.24, 2.45) is 0 Å². The Morgan fingerprint density at radius 1 is 1.26 bits per heavy atom. The smallest absolute Gasteiger partial charge is 0.282 e. The van der Waals surface area contributed by atoms with Crippen molar-refractivity contribution in [3.05, 3.63) is 29.3 Å². The highest BCUT2D eigenvalue weighted by Crippen LogP contribution is 2.14. The van der Waals surface area contributed by atoms with Gasteiger partial charge in [0.15, 0.2) is 6.04 Å². The van der Waals surface area contributed by atoms with Gasteiger partial charge in [-0.15, -0.1) is 0 Å². The molecule has 0 saturated carbocycles. The van der Waals surface area contributed by atoms with Crippen molar-refractivity contribution in [1.29, 1.82) is 0 Å². The number of carbonyl (C=O) groups is 1. The molecule has 104 valence electrons. The molecule has 19 heavy (non-hydrogen) atoms. The Bertz CT molecular complexity index is 428. The lowest BCUT2D eigenvalue weighted by Crippen LogP contribution is -3.16. The number of anilines is 1. The lowest BCUT2D eigenvalue weighted by molar-refractivity contribution is -0.913. The molecule has 0 unspecified atom stereocenters. The Hall–Kier alpha value is -1.06. The minimum absolute atomic E-state index is 0.00270. The first-order valence-corrected chi connectivity index (χ1v) is 7.45. The van der Waals surface area contributed by atoms with Crippen LogP contribution in [0.15, 0.2) is 24.3 Å². The van der Waals surface area contributed by atoms with Gasteiger partial charge in [0.25, 0.3) is 5.91 Å². The molecular formula is C15H22ClN2O+. The molecular weight excluding hydrogens is 260 g/mol. The van der Waals surface area contributed by atoms with Gasteiger partial charge < -0.3 is 10.2 Å². The molecule has 3 nitrogen and oxygen atoms in total. The summed E-state index contributed by atoms with van der Waals surface area (Å²) in [6, 6.07) is 7.30. The molecule has 1 amide bonds. The second kappa shape index (κ2) is 6.92. The van der Waals surface area contributed by atoms with Crippen LogP contribution in [-0.4, -0.2) is 25.0 Å². The van der Waals surface area contributed by atoms with Crippen LogP contribution in [0, 0.1) is 0 Å². The summed E-state index contributed by atoms with van der Waals surface area (Å²) in [4.78, 5) is 13.7. The van der Waals surface area contributed by atoms with E-state index in [1.807, 2.05) is 19.1 Å². The van der Waals surface area contributed by atoms with Crippen LogP contribution in [0.4, 0.5) is 5.69 Å². The van der Waals surface area contributed by atoms with Gasteiger partial charge in [-0.05, 0) is 50.8 Å². The molecule has 1 atom stereocenters. The largest absolute Gasteiger partial charge is 0.325 e. The molecule has 1 heterocycles. The molecule has 2 rings (SSSR count). The molecule has 0 aromatic heterocycles. The van der Waals surface area contributed by atoms with E-state index in [1.165, 1.54) is 30.6 Å². The van der Waals surface area contributed by atoms with E-state index in [9.17, 15) is 4.79 Å². The van der Waals surface area contributed by atoms with Crippen molar-refractivity contribution < 1.29 is 9.69 Å². The molecule has 4 heteroatoms. The standard InChI is InChI=1S/C15H21ClN2O/c1-12(18-9-4-2-3-5-10-18)15(19)17-14-8-6-7-13(16)11-14/h6-8,11-12H,2-5,9-10H2,1H3,(H,17,19)/p+1/t12-/m0/s1. The second-order valence-corrected chi connectivity index (χ2v) is 5.73.